The van der Waals surface area contributed by atoms with Crippen molar-refractivity contribution in [3.63, 3.8) is 0 Å². The van der Waals surface area contributed by atoms with Crippen molar-refractivity contribution in [1.82, 2.24) is 0 Å². The Kier molecular flexibility index (Phi) is 4.79. The second-order valence-corrected chi connectivity index (χ2v) is 8.13. The smallest absolute Gasteiger partial charge is 0.264 e. The molecule has 1 aromatic carbocycles. The van der Waals surface area contributed by atoms with E-state index in [0.29, 0.717) is 15.4 Å². The maximum Gasteiger partial charge on any atom is 0.264 e. The Bertz CT molecular complexity index is 700. The summed E-state index contributed by atoms with van der Waals surface area (Å²) in [4.78, 5) is -0.00610. The first-order valence-electron chi connectivity index (χ1n) is 5.05. The first kappa shape index (κ1) is 15.1. The van der Waals surface area contributed by atoms with Crippen LogP contribution in [0.4, 0.5) is 5.69 Å². The summed E-state index contributed by atoms with van der Waals surface area (Å²) in [5.41, 5.74) is 1.45. The molecule has 0 spiro atoms. The van der Waals surface area contributed by atoms with Gasteiger partial charge in [-0.25, -0.2) is 8.42 Å². The van der Waals surface area contributed by atoms with Gasteiger partial charge in [-0.3, -0.25) is 4.72 Å². The number of halogens is 3. The highest BCUT2D eigenvalue weighted by Gasteiger charge is 2.21. The molecule has 2 aromatic rings. The van der Waals surface area contributed by atoms with Crippen molar-refractivity contribution in [3.8, 4) is 0 Å². The van der Waals surface area contributed by atoms with E-state index in [1.54, 1.807) is 18.2 Å². The number of anilines is 1. The van der Waals surface area contributed by atoms with Crippen molar-refractivity contribution in [2.45, 2.75) is 10.2 Å². The predicted molar refractivity (Wildman–Crippen MR) is 84.2 cm³/mol. The van der Waals surface area contributed by atoms with E-state index in [1.165, 1.54) is 6.07 Å². The molecule has 3 nitrogen and oxygen atoms in total. The highest BCUT2D eigenvalue weighted by Crippen LogP contribution is 2.35. The monoisotopic (exact) mass is 399 g/mol. The first-order chi connectivity index (χ1) is 8.92. The fourth-order valence-electron chi connectivity index (χ4n) is 1.44. The van der Waals surface area contributed by atoms with Crippen LogP contribution in [0.3, 0.4) is 0 Å². The summed E-state index contributed by atoms with van der Waals surface area (Å²) in [5, 5.41) is 0.646. The molecule has 0 unspecified atom stereocenters. The molecule has 0 bridgehead atoms. The number of hydrogen-bond donors (Lipinski definition) is 1. The molecule has 0 aliphatic heterocycles. The van der Waals surface area contributed by atoms with Crippen molar-refractivity contribution in [3.05, 3.63) is 44.6 Å². The molecular weight excluding hydrogens is 393 g/mol. The lowest BCUT2D eigenvalue weighted by Gasteiger charge is -2.08. The zero-order valence-electron chi connectivity index (χ0n) is 9.36. The van der Waals surface area contributed by atoms with Crippen LogP contribution < -0.4 is 4.72 Å². The fourth-order valence-corrected chi connectivity index (χ4v) is 4.99. The van der Waals surface area contributed by atoms with Crippen molar-refractivity contribution in [2.24, 2.45) is 0 Å². The van der Waals surface area contributed by atoms with E-state index < -0.39 is 10.0 Å². The van der Waals surface area contributed by atoms with Crippen LogP contribution in [0.2, 0.25) is 8.67 Å². The summed E-state index contributed by atoms with van der Waals surface area (Å²) >= 11 is 16.0. The maximum absolute atomic E-state index is 12.2. The summed E-state index contributed by atoms with van der Waals surface area (Å²) in [7, 11) is -3.72. The minimum absolute atomic E-state index is 0.00610. The normalized spacial score (nSPS) is 11.5. The van der Waals surface area contributed by atoms with E-state index in [0.717, 1.165) is 16.9 Å². The second-order valence-electron chi connectivity index (χ2n) is 3.63. The predicted octanol–water partition coefficient (Wildman–Crippen LogP) is 4.75. The number of thiophene rings is 1. The molecule has 0 aliphatic rings. The van der Waals surface area contributed by atoms with Crippen LogP contribution in [-0.2, 0) is 15.4 Å². The van der Waals surface area contributed by atoms with Gasteiger partial charge < -0.3 is 0 Å². The molecule has 19 heavy (non-hydrogen) atoms. The quantitative estimate of drug-likeness (QED) is 0.752. The second kappa shape index (κ2) is 6.01. The van der Waals surface area contributed by atoms with Crippen molar-refractivity contribution in [1.29, 1.82) is 0 Å². The molecule has 0 aliphatic carbocycles. The molecule has 1 aromatic heterocycles. The van der Waals surface area contributed by atoms with Crippen molar-refractivity contribution < 1.29 is 8.42 Å². The molecule has 102 valence electrons. The van der Waals surface area contributed by atoms with Gasteiger partial charge in [0.15, 0.2) is 0 Å². The van der Waals surface area contributed by atoms with E-state index in [2.05, 4.69) is 20.7 Å². The maximum atomic E-state index is 12.2. The van der Waals surface area contributed by atoms with Crippen molar-refractivity contribution >= 4 is 66.2 Å². The van der Waals surface area contributed by atoms with Gasteiger partial charge in [0.1, 0.15) is 9.23 Å². The molecule has 0 atom stereocenters. The Morgan fingerprint density at radius 3 is 2.58 bits per heavy atom. The van der Waals surface area contributed by atoms with Crippen LogP contribution in [0.15, 0.2) is 35.2 Å². The van der Waals surface area contributed by atoms with Crippen LogP contribution >= 0.6 is 50.5 Å². The number of benzene rings is 1. The largest absolute Gasteiger partial charge is 0.280 e. The Labute approximate surface area is 133 Å². The van der Waals surface area contributed by atoms with Crippen LogP contribution in [0.1, 0.15) is 5.56 Å². The summed E-state index contributed by atoms with van der Waals surface area (Å²) in [6.45, 7) is 0. The lowest BCUT2D eigenvalue weighted by atomic mass is 10.2. The third-order valence-corrected chi connectivity index (χ3v) is 6.03. The Morgan fingerprint density at radius 2 is 2.00 bits per heavy atom. The topological polar surface area (TPSA) is 46.2 Å². The Hall–Kier alpha value is -0.270. The molecule has 8 heteroatoms. The molecule has 0 amide bonds. The van der Waals surface area contributed by atoms with Gasteiger partial charge in [-0.2, -0.15) is 0 Å². The van der Waals surface area contributed by atoms with Gasteiger partial charge >= 0.3 is 0 Å². The molecule has 0 saturated carbocycles. The van der Waals surface area contributed by atoms with E-state index in [-0.39, 0.29) is 9.23 Å². The van der Waals surface area contributed by atoms with Gasteiger partial charge in [0, 0.05) is 11.0 Å². The lowest BCUT2D eigenvalue weighted by molar-refractivity contribution is 0.601. The molecule has 2 rings (SSSR count). The first-order valence-corrected chi connectivity index (χ1v) is 9.22. The number of nitrogens with one attached hydrogen (secondary N) is 1. The van der Waals surface area contributed by atoms with Crippen LogP contribution in [0.5, 0.6) is 0 Å². The summed E-state index contributed by atoms with van der Waals surface area (Å²) in [5.74, 6) is 0. The number of rotatable bonds is 4. The summed E-state index contributed by atoms with van der Waals surface area (Å²) in [6.07, 6.45) is 0. The zero-order valence-corrected chi connectivity index (χ0v) is 14.1. The number of alkyl halides is 1. The molecular formula is C11H8BrCl2NO2S2. The third-order valence-electron chi connectivity index (χ3n) is 2.25. The molecule has 0 saturated heterocycles. The molecule has 0 radical (unpaired) electrons. The SMILES string of the molecule is O=S(=O)(Nc1cccc(CBr)c1)c1cc(Cl)sc1Cl. The van der Waals surface area contributed by atoms with Gasteiger partial charge in [-0.05, 0) is 23.8 Å². The number of sulfonamides is 1. The fraction of sp³-hybridized carbons (Fsp3) is 0.0909. The summed E-state index contributed by atoms with van der Waals surface area (Å²) in [6, 6.07) is 8.42. The zero-order chi connectivity index (χ0) is 14.0. The minimum atomic E-state index is -3.72. The van der Waals surface area contributed by atoms with Gasteiger partial charge in [0.25, 0.3) is 10.0 Å². The van der Waals surface area contributed by atoms with Gasteiger partial charge in [-0.15, -0.1) is 11.3 Å². The Morgan fingerprint density at radius 1 is 1.26 bits per heavy atom. The standard InChI is InChI=1S/C11H8BrCl2NO2S2/c12-6-7-2-1-3-8(4-7)15-19(16,17)9-5-10(13)18-11(9)14/h1-5,15H,6H2. The lowest BCUT2D eigenvalue weighted by Crippen LogP contribution is -2.12. The van der Waals surface area contributed by atoms with Crippen LogP contribution in [-0.4, -0.2) is 8.42 Å². The van der Waals surface area contributed by atoms with E-state index in [9.17, 15) is 8.42 Å². The van der Waals surface area contributed by atoms with Crippen molar-refractivity contribution in [2.75, 3.05) is 4.72 Å². The van der Waals surface area contributed by atoms with Gasteiger partial charge in [0.2, 0.25) is 0 Å². The Balaban J connectivity index is 2.33. The van der Waals surface area contributed by atoms with Crippen LogP contribution in [0, 0.1) is 0 Å². The van der Waals surface area contributed by atoms with Crippen LogP contribution in [0.25, 0.3) is 0 Å². The minimum Gasteiger partial charge on any atom is -0.280 e. The average molecular weight is 401 g/mol. The molecule has 0 fully saturated rings. The van der Waals surface area contributed by atoms with E-state index in [1.807, 2.05) is 6.07 Å². The van der Waals surface area contributed by atoms with E-state index in [4.69, 9.17) is 23.2 Å². The average Bonchev–Trinajstić information content (AvgIpc) is 2.69. The highest BCUT2D eigenvalue weighted by molar-refractivity contribution is 9.08. The highest BCUT2D eigenvalue weighted by atomic mass is 79.9. The van der Waals surface area contributed by atoms with Gasteiger partial charge in [-0.1, -0.05) is 51.3 Å². The molecule has 1 heterocycles. The number of hydrogen-bond acceptors (Lipinski definition) is 3. The van der Waals surface area contributed by atoms with E-state index >= 15 is 0 Å². The third kappa shape index (κ3) is 3.64. The van der Waals surface area contributed by atoms with Gasteiger partial charge in [0.05, 0.1) is 4.34 Å². The molecule has 1 N–H and O–H groups in total. The summed E-state index contributed by atoms with van der Waals surface area (Å²) < 4.78 is 27.3.